The zero-order valence-corrected chi connectivity index (χ0v) is 12.1. The van der Waals surface area contributed by atoms with Crippen molar-refractivity contribution >= 4 is 10.0 Å². The van der Waals surface area contributed by atoms with E-state index >= 15 is 0 Å². The average molecular weight is 286 g/mol. The Balaban J connectivity index is 2.20. The van der Waals surface area contributed by atoms with E-state index in [1.165, 1.54) is 6.20 Å². The Morgan fingerprint density at radius 2 is 2.26 bits per heavy atom. The molecular weight excluding hydrogens is 264 g/mol. The van der Waals surface area contributed by atoms with Crippen molar-refractivity contribution in [1.82, 2.24) is 14.5 Å². The van der Waals surface area contributed by atoms with Gasteiger partial charge in [-0.05, 0) is 25.2 Å². The van der Waals surface area contributed by atoms with E-state index in [0.717, 1.165) is 25.7 Å². The lowest BCUT2D eigenvalue weighted by Crippen LogP contribution is -2.33. The van der Waals surface area contributed by atoms with Crippen LogP contribution in [0.4, 0.5) is 0 Å². The van der Waals surface area contributed by atoms with E-state index < -0.39 is 10.0 Å². The molecule has 3 N–H and O–H groups in total. The molecule has 1 aliphatic rings. The summed E-state index contributed by atoms with van der Waals surface area (Å²) >= 11 is 0. The minimum Gasteiger partial charge on any atom is -0.326 e. The molecule has 2 rings (SSSR count). The van der Waals surface area contributed by atoms with E-state index in [9.17, 15) is 8.42 Å². The lowest BCUT2D eigenvalue weighted by Gasteiger charge is -2.19. The first-order valence-corrected chi connectivity index (χ1v) is 8.26. The first-order chi connectivity index (χ1) is 9.09. The van der Waals surface area contributed by atoms with Crippen LogP contribution in [0, 0.1) is 5.92 Å². The molecular formula is C12H22N4O2S. The molecule has 6 nitrogen and oxygen atoms in total. The number of hydrogen-bond donors (Lipinski definition) is 2. The van der Waals surface area contributed by atoms with Gasteiger partial charge in [-0.3, -0.25) is 5.10 Å². The van der Waals surface area contributed by atoms with E-state index in [0.29, 0.717) is 24.6 Å². The molecule has 0 saturated carbocycles. The Labute approximate surface area is 114 Å². The van der Waals surface area contributed by atoms with Crippen LogP contribution in [0.25, 0.3) is 0 Å². The highest BCUT2D eigenvalue weighted by Crippen LogP contribution is 2.25. The van der Waals surface area contributed by atoms with E-state index in [-0.39, 0.29) is 11.6 Å². The standard InChI is InChI=1S/C12H22N4O2S/c1-2-10-4-3-6-16(7-5-10)19(17,18)12-11(8-13)9-14-15-12/h9-10H,2-8,13H2,1H3,(H,14,15). The van der Waals surface area contributed by atoms with Crippen LogP contribution in [0.1, 0.15) is 38.2 Å². The number of rotatable bonds is 4. The summed E-state index contributed by atoms with van der Waals surface area (Å²) in [5, 5.41) is 6.54. The normalized spacial score (nSPS) is 22.3. The summed E-state index contributed by atoms with van der Waals surface area (Å²) in [5.74, 6) is 0.635. The largest absolute Gasteiger partial charge is 0.326 e. The Kier molecular flexibility index (Phi) is 4.59. The fourth-order valence-corrected chi connectivity index (χ4v) is 4.19. The Hall–Kier alpha value is -0.920. The third-order valence-electron chi connectivity index (χ3n) is 3.88. The summed E-state index contributed by atoms with van der Waals surface area (Å²) in [6.45, 7) is 3.51. The van der Waals surface area contributed by atoms with E-state index in [1.54, 1.807) is 4.31 Å². The molecule has 19 heavy (non-hydrogen) atoms. The fraction of sp³-hybridized carbons (Fsp3) is 0.750. The molecule has 1 aromatic rings. The first-order valence-electron chi connectivity index (χ1n) is 6.82. The quantitative estimate of drug-likeness (QED) is 0.866. The minimum atomic E-state index is -3.48. The third kappa shape index (κ3) is 2.98. The van der Waals surface area contributed by atoms with Crippen LogP contribution < -0.4 is 5.73 Å². The van der Waals surface area contributed by atoms with Gasteiger partial charge in [-0.2, -0.15) is 9.40 Å². The predicted molar refractivity (Wildman–Crippen MR) is 72.9 cm³/mol. The molecule has 7 heteroatoms. The molecule has 0 aliphatic carbocycles. The van der Waals surface area contributed by atoms with E-state index in [2.05, 4.69) is 17.1 Å². The summed E-state index contributed by atoms with van der Waals surface area (Å²) in [5.41, 5.74) is 6.10. The molecule has 1 unspecified atom stereocenters. The second-order valence-electron chi connectivity index (χ2n) is 5.04. The SMILES string of the molecule is CCC1CCCN(S(=O)(=O)c2[nH]ncc2CN)CC1. The van der Waals surface area contributed by atoms with Crippen molar-refractivity contribution in [1.29, 1.82) is 0 Å². The van der Waals surface area contributed by atoms with Crippen molar-refractivity contribution in [2.24, 2.45) is 11.7 Å². The van der Waals surface area contributed by atoms with Gasteiger partial charge in [-0.1, -0.05) is 13.3 Å². The number of aromatic amines is 1. The van der Waals surface area contributed by atoms with Gasteiger partial charge < -0.3 is 5.73 Å². The lowest BCUT2D eigenvalue weighted by atomic mass is 9.98. The number of nitrogens with one attached hydrogen (secondary N) is 1. The van der Waals surface area contributed by atoms with Gasteiger partial charge in [0.15, 0.2) is 5.03 Å². The Bertz CT molecular complexity index is 512. The average Bonchev–Trinajstić information content (AvgIpc) is 2.76. The van der Waals surface area contributed by atoms with Crippen LogP contribution in [0.15, 0.2) is 11.2 Å². The summed E-state index contributed by atoms with van der Waals surface area (Å²) in [6.07, 6.45) is 5.56. The molecule has 0 spiro atoms. The molecule has 0 amide bonds. The van der Waals surface area contributed by atoms with Crippen molar-refractivity contribution in [3.63, 3.8) is 0 Å². The van der Waals surface area contributed by atoms with Gasteiger partial charge in [0.25, 0.3) is 10.0 Å². The zero-order chi connectivity index (χ0) is 13.9. The van der Waals surface area contributed by atoms with Crippen LogP contribution in [-0.4, -0.2) is 36.0 Å². The third-order valence-corrected chi connectivity index (χ3v) is 5.79. The summed E-state index contributed by atoms with van der Waals surface area (Å²) < 4.78 is 26.7. The molecule has 1 aliphatic heterocycles. The number of nitrogens with two attached hydrogens (primary N) is 1. The van der Waals surface area contributed by atoms with Crippen molar-refractivity contribution < 1.29 is 8.42 Å². The van der Waals surface area contributed by atoms with E-state index in [1.807, 2.05) is 0 Å². The maximum atomic E-state index is 12.6. The highest BCUT2D eigenvalue weighted by Gasteiger charge is 2.30. The smallest absolute Gasteiger partial charge is 0.260 e. The Morgan fingerprint density at radius 1 is 1.47 bits per heavy atom. The van der Waals surface area contributed by atoms with Gasteiger partial charge >= 0.3 is 0 Å². The highest BCUT2D eigenvalue weighted by atomic mass is 32.2. The maximum Gasteiger partial charge on any atom is 0.260 e. The number of aromatic nitrogens is 2. The molecule has 108 valence electrons. The lowest BCUT2D eigenvalue weighted by molar-refractivity contribution is 0.405. The summed E-state index contributed by atoms with van der Waals surface area (Å²) in [6, 6.07) is 0. The van der Waals surface area contributed by atoms with E-state index in [4.69, 9.17) is 5.73 Å². The van der Waals surface area contributed by atoms with Gasteiger partial charge in [0, 0.05) is 25.2 Å². The summed E-state index contributed by atoms with van der Waals surface area (Å²) in [4.78, 5) is 0. The monoisotopic (exact) mass is 286 g/mol. The minimum absolute atomic E-state index is 0.157. The molecule has 1 aromatic heterocycles. The van der Waals surface area contributed by atoms with Crippen LogP contribution in [-0.2, 0) is 16.6 Å². The number of hydrogen-bond acceptors (Lipinski definition) is 4. The highest BCUT2D eigenvalue weighted by molar-refractivity contribution is 7.89. The van der Waals surface area contributed by atoms with Gasteiger partial charge in [0.05, 0.1) is 6.20 Å². The number of nitrogens with zero attached hydrogens (tertiary/aromatic N) is 2. The molecule has 1 fully saturated rings. The molecule has 1 atom stereocenters. The van der Waals surface area contributed by atoms with Gasteiger partial charge in [0.1, 0.15) is 0 Å². The topological polar surface area (TPSA) is 92.1 Å². The molecule has 2 heterocycles. The van der Waals surface area contributed by atoms with Crippen LogP contribution >= 0.6 is 0 Å². The van der Waals surface area contributed by atoms with Crippen LogP contribution in [0.2, 0.25) is 0 Å². The number of H-pyrrole nitrogens is 1. The molecule has 0 bridgehead atoms. The number of sulfonamides is 1. The predicted octanol–water partition coefficient (Wildman–Crippen LogP) is 1.07. The zero-order valence-electron chi connectivity index (χ0n) is 11.3. The molecule has 0 radical (unpaired) electrons. The Morgan fingerprint density at radius 3 is 2.95 bits per heavy atom. The summed E-state index contributed by atoms with van der Waals surface area (Å²) in [7, 11) is -3.48. The molecule has 1 saturated heterocycles. The van der Waals surface area contributed by atoms with Crippen LogP contribution in [0.3, 0.4) is 0 Å². The van der Waals surface area contributed by atoms with Gasteiger partial charge in [-0.25, -0.2) is 8.42 Å². The van der Waals surface area contributed by atoms with Crippen LogP contribution in [0.5, 0.6) is 0 Å². The van der Waals surface area contributed by atoms with Crippen molar-refractivity contribution in [2.75, 3.05) is 13.1 Å². The van der Waals surface area contributed by atoms with Gasteiger partial charge in [-0.15, -0.1) is 0 Å². The first kappa shape index (κ1) is 14.5. The van der Waals surface area contributed by atoms with Crippen molar-refractivity contribution in [3.8, 4) is 0 Å². The maximum absolute atomic E-state index is 12.6. The van der Waals surface area contributed by atoms with Gasteiger partial charge in [0.2, 0.25) is 0 Å². The second kappa shape index (κ2) is 6.02. The molecule has 0 aromatic carbocycles. The second-order valence-corrected chi connectivity index (χ2v) is 6.91. The van der Waals surface area contributed by atoms with Crippen molar-refractivity contribution in [2.45, 2.75) is 44.2 Å². The van der Waals surface area contributed by atoms with Crippen molar-refractivity contribution in [3.05, 3.63) is 11.8 Å². The fourth-order valence-electron chi connectivity index (χ4n) is 2.58.